The van der Waals surface area contributed by atoms with Gasteiger partial charge in [-0.3, -0.25) is 9.10 Å². The lowest BCUT2D eigenvalue weighted by Crippen LogP contribution is -2.39. The largest absolute Gasteiger partial charge is 0.497 e. The predicted molar refractivity (Wildman–Crippen MR) is 172 cm³/mol. The number of methoxy groups -OCH3 is 3. The minimum absolute atomic E-state index is 0.0174. The van der Waals surface area contributed by atoms with Gasteiger partial charge in [-0.1, -0.05) is 48.0 Å². The average molecular weight is 683 g/mol. The van der Waals surface area contributed by atoms with E-state index in [2.05, 4.69) is 26.5 Å². The second kappa shape index (κ2) is 14.8. The number of ether oxygens (including phenoxy) is 4. The van der Waals surface area contributed by atoms with Crippen LogP contribution in [0, 0.1) is 6.92 Å². The molecule has 0 saturated heterocycles. The van der Waals surface area contributed by atoms with Crippen LogP contribution in [0.5, 0.6) is 23.0 Å². The van der Waals surface area contributed by atoms with Gasteiger partial charge in [0.25, 0.3) is 15.9 Å². The lowest BCUT2D eigenvalue weighted by atomic mass is 10.2. The third-order valence-electron chi connectivity index (χ3n) is 6.43. The Morgan fingerprint density at radius 1 is 0.909 bits per heavy atom. The Hall–Kier alpha value is -4.55. The van der Waals surface area contributed by atoms with E-state index in [9.17, 15) is 13.2 Å². The van der Waals surface area contributed by atoms with Crippen LogP contribution < -0.4 is 28.7 Å². The lowest BCUT2D eigenvalue weighted by molar-refractivity contribution is -0.119. The first kappa shape index (κ1) is 32.4. The first-order chi connectivity index (χ1) is 21.2. The lowest BCUT2D eigenvalue weighted by Gasteiger charge is -2.25. The number of nitrogens with zero attached hydrogens (tertiary/aromatic N) is 2. The summed E-state index contributed by atoms with van der Waals surface area (Å²) in [7, 11) is 0.240. The molecule has 1 amide bonds. The Morgan fingerprint density at radius 3 is 2.27 bits per heavy atom. The van der Waals surface area contributed by atoms with E-state index in [0.717, 1.165) is 15.4 Å². The topological polar surface area (TPSA) is 116 Å². The molecule has 0 bridgehead atoms. The summed E-state index contributed by atoms with van der Waals surface area (Å²) in [6, 6.07) is 24.2. The summed E-state index contributed by atoms with van der Waals surface area (Å²) in [4.78, 5) is 13.1. The molecule has 12 heteroatoms. The summed E-state index contributed by atoms with van der Waals surface area (Å²) >= 11 is 3.52. The third-order valence-corrected chi connectivity index (χ3v) is 8.80. The van der Waals surface area contributed by atoms with Crippen molar-refractivity contribution in [2.45, 2.75) is 18.4 Å². The van der Waals surface area contributed by atoms with E-state index in [1.807, 2.05) is 37.3 Å². The molecule has 0 aliphatic heterocycles. The number of carbonyl (C=O) groups excluding carboxylic acids is 1. The van der Waals surface area contributed by atoms with Crippen molar-refractivity contribution >= 4 is 43.8 Å². The Morgan fingerprint density at radius 2 is 1.61 bits per heavy atom. The maximum absolute atomic E-state index is 13.8. The van der Waals surface area contributed by atoms with Crippen molar-refractivity contribution in [3.8, 4) is 23.0 Å². The highest BCUT2D eigenvalue weighted by atomic mass is 79.9. The second-order valence-electron chi connectivity index (χ2n) is 9.46. The molecular formula is C32H32BrN3O7S. The standard InChI is InChI=1S/C32H32BrN3O7S/c1-22-10-13-26(14-11-22)44(38,39)36(28-15-12-25(40-2)18-29(28)41-3)20-31(37)35-34-19-24-16-27(33)32(30(17-24)42-4)43-21-23-8-6-5-7-9-23/h5-19H,20-21H2,1-4H3,(H,35,37)/b34-19-. The van der Waals surface area contributed by atoms with Crippen molar-refractivity contribution in [2.24, 2.45) is 5.10 Å². The monoisotopic (exact) mass is 681 g/mol. The van der Waals surface area contributed by atoms with Crippen molar-refractivity contribution in [1.82, 2.24) is 5.43 Å². The van der Waals surface area contributed by atoms with Crippen LogP contribution in [0.1, 0.15) is 16.7 Å². The number of rotatable bonds is 13. The molecule has 0 saturated carbocycles. The fraction of sp³-hybridized carbons (Fsp3) is 0.188. The van der Waals surface area contributed by atoms with Gasteiger partial charge in [-0.25, -0.2) is 13.8 Å². The highest BCUT2D eigenvalue weighted by Crippen LogP contribution is 2.37. The van der Waals surface area contributed by atoms with Gasteiger partial charge in [0.05, 0.1) is 42.6 Å². The van der Waals surface area contributed by atoms with E-state index in [0.29, 0.717) is 33.9 Å². The van der Waals surface area contributed by atoms with Crippen molar-refractivity contribution in [1.29, 1.82) is 0 Å². The predicted octanol–water partition coefficient (Wildman–Crippen LogP) is 5.71. The maximum atomic E-state index is 13.8. The maximum Gasteiger partial charge on any atom is 0.264 e. The first-order valence-corrected chi connectivity index (χ1v) is 15.6. The fourth-order valence-corrected chi connectivity index (χ4v) is 6.16. The van der Waals surface area contributed by atoms with Gasteiger partial charge in [0.15, 0.2) is 11.5 Å². The van der Waals surface area contributed by atoms with Crippen molar-refractivity contribution in [3.05, 3.63) is 106 Å². The van der Waals surface area contributed by atoms with Crippen molar-refractivity contribution in [3.63, 3.8) is 0 Å². The summed E-state index contributed by atoms with van der Waals surface area (Å²) < 4.78 is 51.3. The summed E-state index contributed by atoms with van der Waals surface area (Å²) in [5, 5.41) is 4.05. The third kappa shape index (κ3) is 7.88. The quantitative estimate of drug-likeness (QED) is 0.142. The molecule has 0 atom stereocenters. The highest BCUT2D eigenvalue weighted by Gasteiger charge is 2.29. The van der Waals surface area contributed by atoms with Gasteiger partial charge >= 0.3 is 0 Å². The summed E-state index contributed by atoms with van der Waals surface area (Å²) in [6.45, 7) is 1.63. The number of benzene rings is 4. The van der Waals surface area contributed by atoms with E-state index >= 15 is 0 Å². The highest BCUT2D eigenvalue weighted by molar-refractivity contribution is 9.10. The van der Waals surface area contributed by atoms with Gasteiger partial charge in [-0.2, -0.15) is 5.10 Å². The number of carbonyl (C=O) groups is 1. The van der Waals surface area contributed by atoms with Gasteiger partial charge in [-0.15, -0.1) is 0 Å². The molecule has 44 heavy (non-hydrogen) atoms. The van der Waals surface area contributed by atoms with Crippen LogP contribution in [-0.2, 0) is 21.4 Å². The van der Waals surface area contributed by atoms with E-state index in [1.165, 1.54) is 45.7 Å². The average Bonchev–Trinajstić information content (AvgIpc) is 3.03. The smallest absolute Gasteiger partial charge is 0.264 e. The summed E-state index contributed by atoms with van der Waals surface area (Å²) in [5.74, 6) is 0.977. The second-order valence-corrected chi connectivity index (χ2v) is 12.2. The fourth-order valence-electron chi connectivity index (χ4n) is 4.16. The number of hydrogen-bond acceptors (Lipinski definition) is 8. The molecule has 4 rings (SSSR count). The van der Waals surface area contributed by atoms with Gasteiger partial charge in [0.2, 0.25) is 0 Å². The molecule has 0 fully saturated rings. The number of aryl methyl sites for hydroxylation is 1. The molecule has 4 aromatic carbocycles. The Balaban J connectivity index is 1.54. The van der Waals surface area contributed by atoms with Crippen LogP contribution in [0.2, 0.25) is 0 Å². The van der Waals surface area contributed by atoms with Crippen LogP contribution in [0.25, 0.3) is 0 Å². The number of nitrogens with one attached hydrogen (secondary N) is 1. The summed E-state index contributed by atoms with van der Waals surface area (Å²) in [5.41, 5.74) is 5.07. The summed E-state index contributed by atoms with van der Waals surface area (Å²) in [6.07, 6.45) is 1.42. The zero-order valence-electron chi connectivity index (χ0n) is 24.6. The van der Waals surface area contributed by atoms with Gasteiger partial charge in [0.1, 0.15) is 24.7 Å². The molecule has 0 unspecified atom stereocenters. The molecule has 1 N–H and O–H groups in total. The molecule has 10 nitrogen and oxygen atoms in total. The minimum Gasteiger partial charge on any atom is -0.497 e. The number of hydrogen-bond donors (Lipinski definition) is 1. The van der Waals surface area contributed by atoms with E-state index in [-0.39, 0.29) is 16.3 Å². The Labute approximate surface area is 265 Å². The number of anilines is 1. The minimum atomic E-state index is -4.18. The van der Waals surface area contributed by atoms with Crippen LogP contribution in [0.4, 0.5) is 5.69 Å². The van der Waals surface area contributed by atoms with E-state index in [1.54, 1.807) is 36.4 Å². The number of hydrazone groups is 1. The van der Waals surface area contributed by atoms with Gasteiger partial charge in [0, 0.05) is 6.07 Å². The van der Waals surface area contributed by atoms with Crippen LogP contribution in [-0.4, -0.2) is 48.4 Å². The molecule has 0 heterocycles. The zero-order chi connectivity index (χ0) is 31.7. The SMILES string of the molecule is COc1ccc(N(CC(=O)N/N=C\c2cc(Br)c(OCc3ccccc3)c(OC)c2)S(=O)(=O)c2ccc(C)cc2)c(OC)c1. The zero-order valence-corrected chi connectivity index (χ0v) is 27.0. The molecule has 0 aromatic heterocycles. The molecule has 0 radical (unpaired) electrons. The first-order valence-electron chi connectivity index (χ1n) is 13.3. The van der Waals surface area contributed by atoms with Crippen LogP contribution >= 0.6 is 15.9 Å². The Bertz CT molecular complexity index is 1730. The molecule has 0 spiro atoms. The normalized spacial score (nSPS) is 11.2. The van der Waals surface area contributed by atoms with Gasteiger partial charge in [-0.05, 0) is 70.4 Å². The molecular weight excluding hydrogens is 650 g/mol. The van der Waals surface area contributed by atoms with Gasteiger partial charge < -0.3 is 18.9 Å². The van der Waals surface area contributed by atoms with E-state index < -0.39 is 22.5 Å². The molecule has 0 aliphatic carbocycles. The van der Waals surface area contributed by atoms with Crippen LogP contribution in [0.3, 0.4) is 0 Å². The van der Waals surface area contributed by atoms with E-state index in [4.69, 9.17) is 18.9 Å². The number of halogens is 1. The number of sulfonamides is 1. The van der Waals surface area contributed by atoms with Crippen molar-refractivity contribution < 1.29 is 32.2 Å². The molecule has 4 aromatic rings. The molecule has 230 valence electrons. The van der Waals surface area contributed by atoms with Crippen LogP contribution in [0.15, 0.2) is 99.4 Å². The number of amides is 1. The molecule has 0 aliphatic rings. The van der Waals surface area contributed by atoms with Crippen molar-refractivity contribution in [2.75, 3.05) is 32.2 Å². The Kier molecular flexibility index (Phi) is 10.9.